The van der Waals surface area contributed by atoms with Crippen LogP contribution in [0.15, 0.2) is 42.0 Å². The molecule has 5 aliphatic carbocycles. The second kappa shape index (κ2) is 9.61. The van der Waals surface area contributed by atoms with Crippen LogP contribution >= 0.6 is 0 Å². The first-order valence-electron chi connectivity index (χ1n) is 15.4. The van der Waals surface area contributed by atoms with Gasteiger partial charge < -0.3 is 0 Å². The number of hydrogen-bond donors (Lipinski definition) is 1. The van der Waals surface area contributed by atoms with Crippen LogP contribution in [0.1, 0.15) is 97.5 Å². The van der Waals surface area contributed by atoms with Crippen LogP contribution in [0, 0.1) is 51.8 Å². The Labute approximate surface area is 229 Å². The maximum Gasteiger partial charge on any atom is 0.246 e. The maximum atomic E-state index is 14.2. The molecule has 1 amide bonds. The normalized spacial score (nSPS) is 44.1. The molecule has 38 heavy (non-hydrogen) atoms. The Morgan fingerprint density at radius 2 is 1.71 bits per heavy atom. The van der Waals surface area contributed by atoms with E-state index in [2.05, 4.69) is 39.3 Å². The van der Waals surface area contributed by atoms with Crippen LogP contribution in [0.2, 0.25) is 0 Å². The van der Waals surface area contributed by atoms with Crippen LogP contribution < -0.4 is 5.48 Å². The molecule has 0 heterocycles. The summed E-state index contributed by atoms with van der Waals surface area (Å²) in [4.78, 5) is 32.9. The highest BCUT2D eigenvalue weighted by atomic mass is 16.6. The van der Waals surface area contributed by atoms with Crippen molar-refractivity contribution in [2.24, 2.45) is 51.8 Å². The number of nitrogens with one attached hydrogen (secondary N) is 1. The van der Waals surface area contributed by atoms with Gasteiger partial charge in [-0.05, 0) is 103 Å². The molecule has 1 aromatic carbocycles. The van der Waals surface area contributed by atoms with Crippen molar-refractivity contribution in [1.29, 1.82) is 0 Å². The zero-order valence-corrected chi connectivity index (χ0v) is 23.9. The molecular weight excluding hydrogens is 470 g/mol. The molecule has 4 saturated carbocycles. The van der Waals surface area contributed by atoms with Gasteiger partial charge in [-0.1, -0.05) is 76.4 Å². The molecule has 6 rings (SSSR count). The van der Waals surface area contributed by atoms with Gasteiger partial charge in [0.15, 0.2) is 5.78 Å². The third-order valence-electron chi connectivity index (χ3n) is 12.5. The minimum atomic E-state index is -0.0587. The fourth-order valence-corrected chi connectivity index (χ4v) is 10.5. The van der Waals surface area contributed by atoms with Crippen LogP contribution in [-0.4, -0.2) is 11.7 Å². The first-order valence-corrected chi connectivity index (χ1v) is 15.4. The molecule has 0 spiro atoms. The van der Waals surface area contributed by atoms with Crippen LogP contribution in [-0.2, 0) is 21.0 Å². The Morgan fingerprint density at radius 3 is 2.50 bits per heavy atom. The molecule has 1 N–H and O–H groups in total. The van der Waals surface area contributed by atoms with Crippen LogP contribution in [0.25, 0.3) is 0 Å². The Hall–Kier alpha value is -1.94. The van der Waals surface area contributed by atoms with Gasteiger partial charge in [0, 0.05) is 11.8 Å². The number of carbonyl (C=O) groups is 2. The molecule has 4 fully saturated rings. The lowest BCUT2D eigenvalue weighted by atomic mass is 9.39. The van der Waals surface area contributed by atoms with Gasteiger partial charge >= 0.3 is 0 Å². The molecular formula is C34H47NO3. The molecule has 4 heteroatoms. The molecule has 206 valence electrons. The number of ketones is 1. The third kappa shape index (κ3) is 4.12. The highest BCUT2D eigenvalue weighted by molar-refractivity contribution is 5.95. The number of hydroxylamine groups is 1. The lowest BCUT2D eigenvalue weighted by molar-refractivity contribution is -0.159. The zero-order valence-electron chi connectivity index (χ0n) is 23.9. The Kier molecular flexibility index (Phi) is 6.65. The third-order valence-corrected chi connectivity index (χ3v) is 12.5. The number of rotatable bonds is 4. The summed E-state index contributed by atoms with van der Waals surface area (Å²) in [6.45, 7) is 10.2. The number of fused-ring (bicyclic) bond motifs is 7. The Balaban J connectivity index is 1.22. The molecule has 0 aliphatic heterocycles. The lowest BCUT2D eigenvalue weighted by Crippen LogP contribution is -2.60. The van der Waals surface area contributed by atoms with Gasteiger partial charge in [0.25, 0.3) is 0 Å². The molecule has 9 unspecified atom stereocenters. The van der Waals surface area contributed by atoms with E-state index in [4.69, 9.17) is 4.84 Å². The van der Waals surface area contributed by atoms with E-state index < -0.39 is 0 Å². The second-order valence-electron chi connectivity index (χ2n) is 14.5. The smallest absolute Gasteiger partial charge is 0.246 e. The SMILES string of the molecule is CC1CCCC2(C)C1CCC1(C)C3CCC4(C)CCC(C(=O)NOCc5ccccc5)CC4C3=CC(=O)C12. The second-order valence-corrected chi connectivity index (χ2v) is 14.5. The van der Waals surface area contributed by atoms with Crippen molar-refractivity contribution in [3.05, 3.63) is 47.5 Å². The van der Waals surface area contributed by atoms with E-state index >= 15 is 0 Å². The number of benzene rings is 1. The number of hydrogen-bond acceptors (Lipinski definition) is 3. The van der Waals surface area contributed by atoms with Gasteiger partial charge in [0.05, 0.1) is 6.61 Å². The highest BCUT2D eigenvalue weighted by Gasteiger charge is 2.64. The van der Waals surface area contributed by atoms with Crippen molar-refractivity contribution in [3.8, 4) is 0 Å². The van der Waals surface area contributed by atoms with Gasteiger partial charge in [-0.15, -0.1) is 0 Å². The average molecular weight is 518 g/mol. The minimum absolute atomic E-state index is 0.00106. The topological polar surface area (TPSA) is 55.4 Å². The van der Waals surface area contributed by atoms with Gasteiger partial charge in [0.2, 0.25) is 5.91 Å². The molecule has 4 nitrogen and oxygen atoms in total. The monoisotopic (exact) mass is 517 g/mol. The van der Waals surface area contributed by atoms with E-state index in [1.54, 1.807) is 0 Å². The zero-order chi connectivity index (χ0) is 26.7. The van der Waals surface area contributed by atoms with Crippen molar-refractivity contribution in [3.63, 3.8) is 0 Å². The van der Waals surface area contributed by atoms with Crippen LogP contribution in [0.3, 0.4) is 0 Å². The summed E-state index contributed by atoms with van der Waals surface area (Å²) in [5.74, 6) is 2.71. The van der Waals surface area contributed by atoms with E-state index in [-0.39, 0.29) is 34.0 Å². The lowest BCUT2D eigenvalue weighted by Gasteiger charge is -2.65. The number of amides is 1. The predicted molar refractivity (Wildman–Crippen MR) is 150 cm³/mol. The highest BCUT2D eigenvalue weighted by Crippen LogP contribution is 2.69. The molecule has 9 atom stereocenters. The van der Waals surface area contributed by atoms with E-state index in [9.17, 15) is 9.59 Å². The van der Waals surface area contributed by atoms with E-state index in [1.807, 2.05) is 30.3 Å². The number of carbonyl (C=O) groups excluding carboxylic acids is 2. The molecule has 0 saturated heterocycles. The first-order chi connectivity index (χ1) is 18.2. The van der Waals surface area contributed by atoms with Gasteiger partial charge in [-0.2, -0.15) is 0 Å². The van der Waals surface area contributed by atoms with Crippen molar-refractivity contribution < 1.29 is 14.4 Å². The quantitative estimate of drug-likeness (QED) is 0.422. The minimum Gasteiger partial charge on any atom is -0.295 e. The number of allylic oxidation sites excluding steroid dienone is 2. The van der Waals surface area contributed by atoms with Crippen molar-refractivity contribution in [1.82, 2.24) is 5.48 Å². The summed E-state index contributed by atoms with van der Waals surface area (Å²) in [5.41, 5.74) is 5.58. The van der Waals surface area contributed by atoms with E-state index in [0.717, 1.165) is 30.7 Å². The summed E-state index contributed by atoms with van der Waals surface area (Å²) in [6.07, 6.45) is 13.6. The van der Waals surface area contributed by atoms with Gasteiger partial charge in [-0.3, -0.25) is 14.4 Å². The predicted octanol–water partition coefficient (Wildman–Crippen LogP) is 7.43. The molecule has 0 aromatic heterocycles. The molecule has 0 bridgehead atoms. The largest absolute Gasteiger partial charge is 0.295 e. The molecule has 5 aliphatic rings. The van der Waals surface area contributed by atoms with Gasteiger partial charge in [-0.25, -0.2) is 5.48 Å². The standard InChI is InChI=1S/C34H47NO3/c1-22-9-8-15-33(3)26(22)14-18-34(4)27-13-17-32(2)16-12-24(19-28(32)25(27)20-29(36)30(33)34)31(37)35-38-21-23-10-6-5-7-11-23/h5-7,10-11,20,22,24,26-28,30H,8-9,12-19,21H2,1-4H3,(H,35,37). The van der Waals surface area contributed by atoms with Crippen LogP contribution in [0.5, 0.6) is 0 Å². The van der Waals surface area contributed by atoms with Crippen molar-refractivity contribution in [2.75, 3.05) is 0 Å². The summed E-state index contributed by atoms with van der Waals surface area (Å²) >= 11 is 0. The maximum absolute atomic E-state index is 14.2. The summed E-state index contributed by atoms with van der Waals surface area (Å²) in [5, 5.41) is 0. The fraction of sp³-hybridized carbons (Fsp3) is 0.706. The molecule has 1 aromatic rings. The summed E-state index contributed by atoms with van der Waals surface area (Å²) in [6, 6.07) is 9.95. The molecule has 0 radical (unpaired) electrons. The Morgan fingerprint density at radius 1 is 0.947 bits per heavy atom. The van der Waals surface area contributed by atoms with E-state index in [1.165, 1.54) is 50.5 Å². The van der Waals surface area contributed by atoms with E-state index in [0.29, 0.717) is 30.1 Å². The summed E-state index contributed by atoms with van der Waals surface area (Å²) in [7, 11) is 0. The Bertz CT molecular complexity index is 1110. The van der Waals surface area contributed by atoms with Crippen molar-refractivity contribution >= 4 is 11.7 Å². The van der Waals surface area contributed by atoms with Gasteiger partial charge in [0.1, 0.15) is 0 Å². The first kappa shape index (κ1) is 26.3. The van der Waals surface area contributed by atoms with Crippen molar-refractivity contribution in [2.45, 2.75) is 98.5 Å². The van der Waals surface area contributed by atoms with Crippen LogP contribution in [0.4, 0.5) is 0 Å². The summed E-state index contributed by atoms with van der Waals surface area (Å²) < 4.78 is 0. The average Bonchev–Trinajstić information content (AvgIpc) is 2.88. The fourth-order valence-electron chi connectivity index (χ4n) is 10.5.